The lowest BCUT2D eigenvalue weighted by Crippen LogP contribution is -2.21. The predicted molar refractivity (Wildman–Crippen MR) is 90.2 cm³/mol. The first-order chi connectivity index (χ1) is 10.1. The maximum absolute atomic E-state index is 6.34. The van der Waals surface area contributed by atoms with Gasteiger partial charge in [0, 0.05) is 4.47 Å². The van der Waals surface area contributed by atoms with E-state index < -0.39 is 0 Å². The van der Waals surface area contributed by atoms with Crippen LogP contribution in [-0.2, 0) is 6.42 Å². The zero-order valence-electron chi connectivity index (χ0n) is 12.5. The van der Waals surface area contributed by atoms with E-state index in [0.717, 1.165) is 40.9 Å². The van der Waals surface area contributed by atoms with Gasteiger partial charge in [0.05, 0.1) is 22.4 Å². The van der Waals surface area contributed by atoms with E-state index >= 15 is 0 Å². The highest BCUT2D eigenvalue weighted by Gasteiger charge is 2.20. The molecule has 1 unspecified atom stereocenters. The van der Waals surface area contributed by atoms with Gasteiger partial charge in [-0.1, -0.05) is 53.5 Å². The standard InChI is InChI=1S/C15H20BrClN4/c1-4-12(18-6-3)15-13(5-2)21(20-19-15)14-8-7-10(16)9-11(14)17/h7-9,12,18H,4-6H2,1-3H3. The molecule has 0 saturated carbocycles. The molecule has 2 aromatic rings. The van der Waals surface area contributed by atoms with Crippen molar-refractivity contribution in [1.82, 2.24) is 20.3 Å². The van der Waals surface area contributed by atoms with Crippen LogP contribution in [0.3, 0.4) is 0 Å². The fourth-order valence-electron chi connectivity index (χ4n) is 2.44. The fourth-order valence-corrected chi connectivity index (χ4v) is 3.20. The number of halogens is 2. The highest BCUT2D eigenvalue weighted by Crippen LogP contribution is 2.27. The molecule has 1 N–H and O–H groups in total. The number of nitrogens with zero attached hydrogens (tertiary/aromatic N) is 3. The third-order valence-electron chi connectivity index (χ3n) is 3.45. The van der Waals surface area contributed by atoms with Crippen LogP contribution in [0.2, 0.25) is 5.02 Å². The summed E-state index contributed by atoms with van der Waals surface area (Å²) in [5.74, 6) is 0. The molecule has 1 aromatic heterocycles. The Morgan fingerprint density at radius 2 is 2.10 bits per heavy atom. The Balaban J connectivity index is 2.48. The van der Waals surface area contributed by atoms with Gasteiger partial charge in [-0.05, 0) is 37.6 Å². The molecule has 2 rings (SSSR count). The van der Waals surface area contributed by atoms with Gasteiger partial charge in [0.2, 0.25) is 0 Å². The topological polar surface area (TPSA) is 42.7 Å². The van der Waals surface area contributed by atoms with Crippen LogP contribution in [0.25, 0.3) is 5.69 Å². The van der Waals surface area contributed by atoms with Crippen LogP contribution in [0.15, 0.2) is 22.7 Å². The Labute approximate surface area is 139 Å². The molecule has 4 nitrogen and oxygen atoms in total. The second kappa shape index (κ2) is 7.38. The van der Waals surface area contributed by atoms with E-state index in [4.69, 9.17) is 11.6 Å². The van der Waals surface area contributed by atoms with E-state index in [2.05, 4.69) is 52.3 Å². The van der Waals surface area contributed by atoms with Crippen LogP contribution >= 0.6 is 27.5 Å². The lowest BCUT2D eigenvalue weighted by Gasteiger charge is -2.15. The zero-order chi connectivity index (χ0) is 15.4. The molecule has 0 saturated heterocycles. The van der Waals surface area contributed by atoms with Gasteiger partial charge in [0.25, 0.3) is 0 Å². The first-order valence-electron chi connectivity index (χ1n) is 7.25. The molecule has 0 aliphatic heterocycles. The molecule has 1 atom stereocenters. The van der Waals surface area contributed by atoms with Crippen molar-refractivity contribution in [1.29, 1.82) is 0 Å². The minimum Gasteiger partial charge on any atom is -0.309 e. The summed E-state index contributed by atoms with van der Waals surface area (Å²) >= 11 is 9.77. The van der Waals surface area contributed by atoms with E-state index in [1.54, 1.807) is 0 Å². The van der Waals surface area contributed by atoms with E-state index in [1.807, 2.05) is 22.9 Å². The van der Waals surface area contributed by atoms with Crippen molar-refractivity contribution in [3.05, 3.63) is 39.1 Å². The highest BCUT2D eigenvalue weighted by molar-refractivity contribution is 9.10. The van der Waals surface area contributed by atoms with Gasteiger partial charge in [0.1, 0.15) is 5.69 Å². The van der Waals surface area contributed by atoms with Gasteiger partial charge in [-0.15, -0.1) is 5.10 Å². The van der Waals surface area contributed by atoms with Gasteiger partial charge in [-0.2, -0.15) is 0 Å². The highest BCUT2D eigenvalue weighted by atomic mass is 79.9. The molecule has 0 aliphatic rings. The van der Waals surface area contributed by atoms with Gasteiger partial charge in [0.15, 0.2) is 0 Å². The molecular weight excluding hydrogens is 352 g/mol. The first kappa shape index (κ1) is 16.5. The normalized spacial score (nSPS) is 12.6. The maximum Gasteiger partial charge on any atom is 0.103 e. The lowest BCUT2D eigenvalue weighted by atomic mass is 10.1. The summed E-state index contributed by atoms with van der Waals surface area (Å²) in [7, 11) is 0. The fraction of sp³-hybridized carbons (Fsp3) is 0.467. The molecule has 21 heavy (non-hydrogen) atoms. The molecule has 1 aromatic carbocycles. The van der Waals surface area contributed by atoms with Gasteiger partial charge in [-0.3, -0.25) is 0 Å². The number of rotatable bonds is 6. The van der Waals surface area contributed by atoms with E-state index in [1.165, 1.54) is 0 Å². The van der Waals surface area contributed by atoms with Gasteiger partial charge >= 0.3 is 0 Å². The molecule has 0 bridgehead atoms. The Morgan fingerprint density at radius 1 is 1.33 bits per heavy atom. The lowest BCUT2D eigenvalue weighted by molar-refractivity contribution is 0.520. The zero-order valence-corrected chi connectivity index (χ0v) is 14.9. The van der Waals surface area contributed by atoms with Crippen LogP contribution in [0.1, 0.15) is 44.6 Å². The first-order valence-corrected chi connectivity index (χ1v) is 8.42. The second-order valence-corrected chi connectivity index (χ2v) is 6.12. The van der Waals surface area contributed by atoms with Crippen LogP contribution in [0, 0.1) is 0 Å². The molecule has 1 heterocycles. The minimum atomic E-state index is 0.230. The molecule has 0 spiro atoms. The van der Waals surface area contributed by atoms with Crippen molar-refractivity contribution in [2.45, 2.75) is 39.7 Å². The van der Waals surface area contributed by atoms with Crippen LogP contribution in [0.5, 0.6) is 0 Å². The third-order valence-corrected chi connectivity index (χ3v) is 4.25. The molecule has 0 fully saturated rings. The Bertz CT molecular complexity index is 612. The predicted octanol–water partition coefficient (Wildman–Crippen LogP) is 4.31. The summed E-state index contributed by atoms with van der Waals surface area (Å²) in [4.78, 5) is 0. The molecular formula is C15H20BrClN4. The molecule has 0 aliphatic carbocycles. The number of nitrogens with one attached hydrogen (secondary N) is 1. The number of aromatic nitrogens is 3. The summed E-state index contributed by atoms with van der Waals surface area (Å²) in [5.41, 5.74) is 2.98. The van der Waals surface area contributed by atoms with Crippen molar-refractivity contribution in [3.63, 3.8) is 0 Å². The van der Waals surface area contributed by atoms with Crippen molar-refractivity contribution in [3.8, 4) is 5.69 Å². The monoisotopic (exact) mass is 370 g/mol. The van der Waals surface area contributed by atoms with Crippen LogP contribution in [0.4, 0.5) is 0 Å². The quantitative estimate of drug-likeness (QED) is 0.823. The van der Waals surface area contributed by atoms with Gasteiger partial charge < -0.3 is 5.32 Å². The van der Waals surface area contributed by atoms with Crippen LogP contribution < -0.4 is 5.32 Å². The molecule has 0 amide bonds. The summed E-state index contributed by atoms with van der Waals surface area (Å²) in [6.07, 6.45) is 1.84. The van der Waals surface area contributed by atoms with Crippen molar-refractivity contribution >= 4 is 27.5 Å². The van der Waals surface area contributed by atoms with E-state index in [-0.39, 0.29) is 6.04 Å². The summed E-state index contributed by atoms with van der Waals surface area (Å²) in [5, 5.41) is 12.8. The van der Waals surface area contributed by atoms with Crippen LogP contribution in [-0.4, -0.2) is 21.5 Å². The smallest absolute Gasteiger partial charge is 0.103 e. The van der Waals surface area contributed by atoms with Gasteiger partial charge in [-0.25, -0.2) is 4.68 Å². The summed E-state index contributed by atoms with van der Waals surface area (Å²) in [6, 6.07) is 6.02. The van der Waals surface area contributed by atoms with Crippen molar-refractivity contribution < 1.29 is 0 Å². The SMILES string of the molecule is CCNC(CC)c1nnn(-c2ccc(Br)cc2Cl)c1CC. The second-order valence-electron chi connectivity index (χ2n) is 4.80. The van der Waals surface area contributed by atoms with Crippen molar-refractivity contribution in [2.24, 2.45) is 0 Å². The summed E-state index contributed by atoms with van der Waals surface area (Å²) < 4.78 is 2.80. The van der Waals surface area contributed by atoms with Crippen molar-refractivity contribution in [2.75, 3.05) is 6.54 Å². The number of hydrogen-bond donors (Lipinski definition) is 1. The number of benzene rings is 1. The van der Waals surface area contributed by atoms with E-state index in [0.29, 0.717) is 5.02 Å². The Hall–Kier alpha value is -0.910. The Morgan fingerprint density at radius 3 is 2.67 bits per heavy atom. The molecule has 0 radical (unpaired) electrons. The maximum atomic E-state index is 6.34. The average molecular weight is 372 g/mol. The van der Waals surface area contributed by atoms with E-state index in [9.17, 15) is 0 Å². The third kappa shape index (κ3) is 3.47. The minimum absolute atomic E-state index is 0.230. The largest absolute Gasteiger partial charge is 0.309 e. The average Bonchev–Trinajstić information content (AvgIpc) is 2.88. The number of hydrogen-bond acceptors (Lipinski definition) is 3. The molecule has 114 valence electrons. The molecule has 6 heteroatoms. The summed E-state index contributed by atoms with van der Waals surface area (Å²) in [6.45, 7) is 7.28. The Kier molecular flexibility index (Phi) is 5.79.